The molecule has 1 aromatic rings. The molecule has 140 valence electrons. The maximum atomic E-state index is 13.3. The lowest BCUT2D eigenvalue weighted by Gasteiger charge is -2.36. The number of β-amino-alcohol motifs (C(OH)–C–C–N with tert-alkyl or cyclic N) is 1. The van der Waals surface area contributed by atoms with E-state index in [9.17, 15) is 18.7 Å². The summed E-state index contributed by atoms with van der Waals surface area (Å²) in [5, 5.41) is 15.1. The van der Waals surface area contributed by atoms with Crippen molar-refractivity contribution in [3.63, 3.8) is 0 Å². The fraction of sp³-hybridized carbons (Fsp3) is 0.765. The molecule has 1 amide bonds. The van der Waals surface area contributed by atoms with E-state index >= 15 is 0 Å². The van der Waals surface area contributed by atoms with Gasteiger partial charge in [0.25, 0.3) is 11.8 Å². The van der Waals surface area contributed by atoms with Crippen LogP contribution in [0.3, 0.4) is 0 Å². The number of amides is 1. The van der Waals surface area contributed by atoms with Gasteiger partial charge in [0.05, 0.1) is 23.4 Å². The Morgan fingerprint density at radius 2 is 1.96 bits per heavy atom. The minimum atomic E-state index is -2.59. The maximum Gasteiger partial charge on any atom is 0.257 e. The molecular weight excluding hydrogens is 330 g/mol. The molecule has 0 spiro atoms. The Labute approximate surface area is 146 Å². The van der Waals surface area contributed by atoms with Crippen LogP contribution < -0.4 is 0 Å². The number of aromatic nitrogens is 2. The van der Waals surface area contributed by atoms with Gasteiger partial charge in [0.2, 0.25) is 0 Å². The molecule has 1 unspecified atom stereocenters. The molecule has 0 bridgehead atoms. The topological polar surface area (TPSA) is 61.6 Å². The number of aryl methyl sites for hydroxylation is 2. The van der Waals surface area contributed by atoms with Gasteiger partial charge in [-0.3, -0.25) is 14.4 Å². The van der Waals surface area contributed by atoms with Crippen molar-refractivity contribution in [2.24, 2.45) is 0 Å². The predicted molar refractivity (Wildman–Crippen MR) is 88.7 cm³/mol. The molecule has 6 nitrogen and oxygen atoms in total. The van der Waals surface area contributed by atoms with Gasteiger partial charge in [-0.2, -0.15) is 5.10 Å². The first-order valence-electron chi connectivity index (χ1n) is 8.87. The molecule has 1 N–H and O–H groups in total. The van der Waals surface area contributed by atoms with Gasteiger partial charge in [-0.15, -0.1) is 0 Å². The van der Waals surface area contributed by atoms with Crippen molar-refractivity contribution in [1.29, 1.82) is 0 Å². The third-order valence-corrected chi connectivity index (χ3v) is 5.23. The van der Waals surface area contributed by atoms with Crippen molar-refractivity contribution < 1.29 is 18.7 Å². The monoisotopic (exact) mass is 356 g/mol. The molecule has 0 aliphatic carbocycles. The summed E-state index contributed by atoms with van der Waals surface area (Å²) in [4.78, 5) is 16.2. The fourth-order valence-corrected chi connectivity index (χ4v) is 3.67. The van der Waals surface area contributed by atoms with E-state index in [1.165, 1.54) is 0 Å². The van der Waals surface area contributed by atoms with Crippen molar-refractivity contribution in [2.45, 2.75) is 51.2 Å². The van der Waals surface area contributed by atoms with E-state index in [4.69, 9.17) is 0 Å². The molecular formula is C17H26F2N4O2. The average molecular weight is 356 g/mol. The van der Waals surface area contributed by atoms with E-state index < -0.39 is 11.5 Å². The summed E-state index contributed by atoms with van der Waals surface area (Å²) < 4.78 is 28.2. The first-order valence-corrected chi connectivity index (χ1v) is 8.87. The zero-order valence-corrected chi connectivity index (χ0v) is 14.8. The first-order chi connectivity index (χ1) is 11.7. The third kappa shape index (κ3) is 4.00. The molecule has 2 aliphatic rings. The van der Waals surface area contributed by atoms with Gasteiger partial charge in [0.1, 0.15) is 0 Å². The van der Waals surface area contributed by atoms with E-state index in [1.807, 2.05) is 11.8 Å². The Bertz CT molecular complexity index is 639. The highest BCUT2D eigenvalue weighted by molar-refractivity contribution is 5.95. The van der Waals surface area contributed by atoms with Crippen molar-refractivity contribution in [2.75, 3.05) is 32.7 Å². The Kier molecular flexibility index (Phi) is 4.85. The van der Waals surface area contributed by atoms with Crippen LogP contribution >= 0.6 is 0 Å². The summed E-state index contributed by atoms with van der Waals surface area (Å²) in [6.45, 7) is 6.05. The highest BCUT2D eigenvalue weighted by Gasteiger charge is 2.42. The van der Waals surface area contributed by atoms with E-state index in [-0.39, 0.29) is 38.4 Å². The maximum absolute atomic E-state index is 13.3. The summed E-state index contributed by atoms with van der Waals surface area (Å²) in [6.07, 6.45) is 1.87. The molecule has 25 heavy (non-hydrogen) atoms. The van der Waals surface area contributed by atoms with Crippen LogP contribution in [0.25, 0.3) is 0 Å². The number of alkyl halides is 2. The van der Waals surface area contributed by atoms with E-state index in [2.05, 4.69) is 5.10 Å². The number of hydrogen-bond acceptors (Lipinski definition) is 4. The number of nitrogens with zero attached hydrogens (tertiary/aromatic N) is 4. The van der Waals surface area contributed by atoms with Gasteiger partial charge >= 0.3 is 0 Å². The fourth-order valence-electron chi connectivity index (χ4n) is 3.67. The Morgan fingerprint density at radius 3 is 2.56 bits per heavy atom. The van der Waals surface area contributed by atoms with Crippen LogP contribution in [0.15, 0.2) is 6.20 Å². The molecule has 1 atom stereocenters. The number of carbonyl (C=O) groups excluding carboxylic acids is 1. The quantitative estimate of drug-likeness (QED) is 0.889. The van der Waals surface area contributed by atoms with Crippen LogP contribution in [-0.2, 0) is 6.54 Å². The third-order valence-electron chi connectivity index (χ3n) is 5.23. The lowest BCUT2D eigenvalue weighted by atomic mass is 10.00. The summed E-state index contributed by atoms with van der Waals surface area (Å²) >= 11 is 0. The minimum absolute atomic E-state index is 0.127. The standard InChI is InChI=1S/C17H26F2N4O2/c1-3-23-10-14(13(2)20-23)15(24)22-9-4-16(25,12-22)11-21-7-5-17(18,19)6-8-21/h10,25H,3-9,11-12H2,1-2H3. The molecule has 2 aliphatic heterocycles. The second-order valence-corrected chi connectivity index (χ2v) is 7.32. The number of carbonyl (C=O) groups is 1. The first kappa shape index (κ1) is 18.3. The van der Waals surface area contributed by atoms with Crippen LogP contribution in [0, 0.1) is 6.92 Å². The highest BCUT2D eigenvalue weighted by Crippen LogP contribution is 2.30. The normalized spacial score (nSPS) is 27.0. The van der Waals surface area contributed by atoms with Gasteiger partial charge in [-0.1, -0.05) is 0 Å². The van der Waals surface area contributed by atoms with E-state index in [1.54, 1.807) is 22.7 Å². The van der Waals surface area contributed by atoms with Crippen molar-refractivity contribution in [1.82, 2.24) is 19.6 Å². The van der Waals surface area contributed by atoms with Gasteiger partial charge in [-0.25, -0.2) is 8.78 Å². The number of halogens is 2. The molecule has 8 heteroatoms. The van der Waals surface area contributed by atoms with Gasteiger partial charge < -0.3 is 10.0 Å². The number of likely N-dealkylation sites (tertiary alicyclic amines) is 2. The van der Waals surface area contributed by atoms with Crippen LogP contribution in [-0.4, -0.2) is 74.8 Å². The Balaban J connectivity index is 1.60. The molecule has 2 fully saturated rings. The SMILES string of the molecule is CCn1cc(C(=O)N2CCC(O)(CN3CCC(F)(F)CC3)C2)c(C)n1. The van der Waals surface area contributed by atoms with Crippen LogP contribution in [0.1, 0.15) is 42.2 Å². The molecule has 0 saturated carbocycles. The number of rotatable bonds is 4. The van der Waals surface area contributed by atoms with E-state index in [0.29, 0.717) is 37.3 Å². The second-order valence-electron chi connectivity index (χ2n) is 7.32. The zero-order chi connectivity index (χ0) is 18.2. The molecule has 1 aromatic heterocycles. The highest BCUT2D eigenvalue weighted by atomic mass is 19.3. The largest absolute Gasteiger partial charge is 0.387 e. The van der Waals surface area contributed by atoms with Crippen LogP contribution in [0.5, 0.6) is 0 Å². The van der Waals surface area contributed by atoms with Gasteiger partial charge in [0.15, 0.2) is 0 Å². The summed E-state index contributed by atoms with van der Waals surface area (Å²) in [6, 6.07) is 0. The van der Waals surface area contributed by atoms with Crippen LogP contribution in [0.4, 0.5) is 8.78 Å². The molecule has 2 saturated heterocycles. The predicted octanol–water partition coefficient (Wildman–Crippen LogP) is 1.52. The number of piperidine rings is 1. The zero-order valence-electron chi connectivity index (χ0n) is 14.8. The lowest BCUT2D eigenvalue weighted by Crippen LogP contribution is -2.49. The van der Waals surface area contributed by atoms with Crippen molar-refractivity contribution in [3.05, 3.63) is 17.5 Å². The Morgan fingerprint density at radius 1 is 1.28 bits per heavy atom. The molecule has 0 radical (unpaired) electrons. The minimum Gasteiger partial charge on any atom is -0.387 e. The summed E-state index contributed by atoms with van der Waals surface area (Å²) in [5.74, 6) is -2.72. The van der Waals surface area contributed by atoms with Crippen LogP contribution in [0.2, 0.25) is 0 Å². The van der Waals surface area contributed by atoms with Crippen molar-refractivity contribution in [3.8, 4) is 0 Å². The molecule has 3 heterocycles. The van der Waals surface area contributed by atoms with Crippen molar-refractivity contribution >= 4 is 5.91 Å². The molecule has 0 aromatic carbocycles. The average Bonchev–Trinajstić information content (AvgIpc) is 3.12. The van der Waals surface area contributed by atoms with Gasteiger partial charge in [0, 0.05) is 51.8 Å². The summed E-state index contributed by atoms with van der Waals surface area (Å²) in [7, 11) is 0. The smallest absolute Gasteiger partial charge is 0.257 e. The molecule has 3 rings (SSSR count). The Hall–Kier alpha value is -1.54. The lowest BCUT2D eigenvalue weighted by molar-refractivity contribution is -0.0720. The van der Waals surface area contributed by atoms with Gasteiger partial charge in [-0.05, 0) is 20.3 Å². The number of aliphatic hydroxyl groups is 1. The number of hydrogen-bond donors (Lipinski definition) is 1. The second kappa shape index (κ2) is 6.64. The summed E-state index contributed by atoms with van der Waals surface area (Å²) in [5.41, 5.74) is 0.209. The van der Waals surface area contributed by atoms with E-state index in [0.717, 1.165) is 0 Å².